The molecule has 0 spiro atoms. The van der Waals surface area contributed by atoms with Crippen LogP contribution in [0, 0.1) is 0 Å². The van der Waals surface area contributed by atoms with E-state index in [4.69, 9.17) is 0 Å². The van der Waals surface area contributed by atoms with Crippen molar-refractivity contribution in [2.24, 2.45) is 0 Å². The van der Waals surface area contributed by atoms with Crippen LogP contribution in [0.1, 0.15) is 5.56 Å². The average Bonchev–Trinajstić information content (AvgIpc) is 1.91. The highest BCUT2D eigenvalue weighted by Gasteiger charge is 1.77. The Morgan fingerprint density at radius 2 is 1.78 bits per heavy atom. The van der Waals surface area contributed by atoms with E-state index in [1.54, 1.807) is 0 Å². The van der Waals surface area contributed by atoms with Crippen molar-refractivity contribution in [2.75, 3.05) is 0 Å². The molecule has 0 unspecified atom stereocenters. The SMILES string of the molecule is [AlH2]/[CH]=C/c1ccccc1. The lowest BCUT2D eigenvalue weighted by Gasteiger charge is -1.87. The lowest BCUT2D eigenvalue weighted by Crippen LogP contribution is -1.66. The summed E-state index contributed by atoms with van der Waals surface area (Å²) < 4.78 is 0. The summed E-state index contributed by atoms with van der Waals surface area (Å²) in [6.45, 7) is 0. The highest BCUT2D eigenvalue weighted by atomic mass is 27.0. The second kappa shape index (κ2) is 3.50. The normalized spacial score (nSPS) is 10.2. The topological polar surface area (TPSA) is 0 Å². The first-order valence-corrected chi connectivity index (χ1v) is 4.26. The van der Waals surface area contributed by atoms with Crippen molar-refractivity contribution in [1.82, 2.24) is 0 Å². The first-order valence-electron chi connectivity index (χ1n) is 3.11. The van der Waals surface area contributed by atoms with E-state index in [1.165, 1.54) is 5.56 Å². The molecule has 0 aromatic heterocycles. The molecule has 0 bridgehead atoms. The Balaban J connectivity index is 2.85. The van der Waals surface area contributed by atoms with Gasteiger partial charge in [0.1, 0.15) is 0 Å². The Bertz CT molecular complexity index is 189. The maximum Gasteiger partial charge on any atom is 0.246 e. The fourth-order valence-corrected chi connectivity index (χ4v) is 1.14. The van der Waals surface area contributed by atoms with Gasteiger partial charge in [-0.2, -0.15) is 4.94 Å². The lowest BCUT2D eigenvalue weighted by atomic mass is 10.2. The van der Waals surface area contributed by atoms with Gasteiger partial charge in [0.05, 0.1) is 0 Å². The van der Waals surface area contributed by atoms with Crippen molar-refractivity contribution >= 4 is 22.4 Å². The zero-order chi connectivity index (χ0) is 6.53. The predicted molar refractivity (Wildman–Crippen MR) is 44.0 cm³/mol. The van der Waals surface area contributed by atoms with Gasteiger partial charge in [-0.05, 0) is 5.56 Å². The molecule has 0 aliphatic carbocycles. The van der Waals surface area contributed by atoms with E-state index < -0.39 is 0 Å². The Hall–Kier alpha value is -0.508. The van der Waals surface area contributed by atoms with Crippen LogP contribution in [-0.4, -0.2) is 16.3 Å². The molecule has 0 radical (unpaired) electrons. The van der Waals surface area contributed by atoms with Gasteiger partial charge in [-0.3, -0.25) is 0 Å². The van der Waals surface area contributed by atoms with E-state index in [9.17, 15) is 0 Å². The third-order valence-electron chi connectivity index (χ3n) is 1.16. The maximum atomic E-state index is 2.18. The van der Waals surface area contributed by atoms with Gasteiger partial charge in [0.15, 0.2) is 0 Å². The smallest absolute Gasteiger partial charge is 0.153 e. The monoisotopic (exact) mass is 132 g/mol. The minimum Gasteiger partial charge on any atom is -0.153 e. The summed E-state index contributed by atoms with van der Waals surface area (Å²) in [5.41, 5.74) is 1.30. The van der Waals surface area contributed by atoms with Crippen molar-refractivity contribution in [3.8, 4) is 0 Å². The Morgan fingerprint density at radius 1 is 1.11 bits per heavy atom. The quantitative estimate of drug-likeness (QED) is 0.505. The van der Waals surface area contributed by atoms with Crippen molar-refractivity contribution in [3.05, 3.63) is 40.8 Å². The molecule has 0 nitrogen and oxygen atoms in total. The molecule has 44 valence electrons. The summed E-state index contributed by atoms with van der Waals surface area (Å²) in [5.74, 6) is 0. The van der Waals surface area contributed by atoms with Crippen LogP contribution in [-0.2, 0) is 0 Å². The molecule has 1 rings (SSSR count). The highest BCUT2D eigenvalue weighted by Crippen LogP contribution is 1.98. The highest BCUT2D eigenvalue weighted by molar-refractivity contribution is 6.19. The van der Waals surface area contributed by atoms with Crippen LogP contribution >= 0.6 is 0 Å². The molecule has 0 heterocycles. The fourth-order valence-electron chi connectivity index (χ4n) is 0.757. The molecule has 0 fully saturated rings. The van der Waals surface area contributed by atoms with E-state index in [0.717, 1.165) is 16.3 Å². The van der Waals surface area contributed by atoms with Gasteiger partial charge < -0.3 is 0 Å². The van der Waals surface area contributed by atoms with Crippen LogP contribution in [0.2, 0.25) is 0 Å². The molecular formula is C8H9Al. The zero-order valence-electron chi connectivity index (χ0n) is 5.54. The summed E-state index contributed by atoms with van der Waals surface area (Å²) in [4.78, 5) is 2.18. The molecule has 0 aliphatic rings. The van der Waals surface area contributed by atoms with Gasteiger partial charge in [0.2, 0.25) is 16.3 Å². The van der Waals surface area contributed by atoms with Crippen LogP contribution in [0.5, 0.6) is 0 Å². The van der Waals surface area contributed by atoms with Crippen molar-refractivity contribution in [3.63, 3.8) is 0 Å². The molecule has 0 N–H and O–H groups in total. The number of hydrogen-bond donors (Lipinski definition) is 0. The minimum atomic E-state index is 1.14. The Morgan fingerprint density at radius 3 is 2.33 bits per heavy atom. The largest absolute Gasteiger partial charge is 0.246 e. The molecule has 0 atom stereocenters. The molecule has 0 amide bonds. The van der Waals surface area contributed by atoms with Crippen LogP contribution in [0.3, 0.4) is 0 Å². The minimum absolute atomic E-state index is 1.14. The molecule has 9 heavy (non-hydrogen) atoms. The van der Waals surface area contributed by atoms with Gasteiger partial charge in [-0.15, -0.1) is 0 Å². The summed E-state index contributed by atoms with van der Waals surface area (Å²) in [6.07, 6.45) is 2.15. The zero-order valence-corrected chi connectivity index (χ0v) is 7.54. The molecule has 0 aliphatic heterocycles. The van der Waals surface area contributed by atoms with Crippen LogP contribution in [0.15, 0.2) is 35.3 Å². The van der Waals surface area contributed by atoms with Gasteiger partial charge in [0, 0.05) is 0 Å². The third kappa shape index (κ3) is 2.05. The summed E-state index contributed by atoms with van der Waals surface area (Å²) in [5, 5.41) is 0. The predicted octanol–water partition coefficient (Wildman–Crippen LogP) is 1.29. The van der Waals surface area contributed by atoms with Crippen molar-refractivity contribution < 1.29 is 0 Å². The molecule has 0 saturated heterocycles. The summed E-state index contributed by atoms with van der Waals surface area (Å²) >= 11 is 1.14. The van der Waals surface area contributed by atoms with Crippen molar-refractivity contribution in [2.45, 2.75) is 0 Å². The molecule has 1 aromatic rings. The molecular weight excluding hydrogens is 123 g/mol. The first-order chi connectivity index (χ1) is 4.43. The van der Waals surface area contributed by atoms with E-state index in [-0.39, 0.29) is 0 Å². The van der Waals surface area contributed by atoms with Crippen LogP contribution in [0.25, 0.3) is 6.08 Å². The van der Waals surface area contributed by atoms with Gasteiger partial charge in [-0.1, -0.05) is 36.4 Å². The molecule has 1 heteroatoms. The number of benzene rings is 1. The van der Waals surface area contributed by atoms with Crippen molar-refractivity contribution in [1.29, 1.82) is 0 Å². The summed E-state index contributed by atoms with van der Waals surface area (Å²) in [7, 11) is 0. The van der Waals surface area contributed by atoms with E-state index >= 15 is 0 Å². The molecule has 0 saturated carbocycles. The summed E-state index contributed by atoms with van der Waals surface area (Å²) in [6, 6.07) is 10.3. The molecule has 1 aromatic carbocycles. The van der Waals surface area contributed by atoms with E-state index in [2.05, 4.69) is 35.3 Å². The van der Waals surface area contributed by atoms with Gasteiger partial charge >= 0.3 is 0 Å². The maximum absolute atomic E-state index is 2.18. The van der Waals surface area contributed by atoms with Crippen LogP contribution in [0.4, 0.5) is 0 Å². The third-order valence-corrected chi connectivity index (χ3v) is 1.49. The number of hydrogen-bond acceptors (Lipinski definition) is 0. The van der Waals surface area contributed by atoms with Crippen LogP contribution < -0.4 is 0 Å². The fraction of sp³-hybridized carbons (Fsp3) is 0. The Kier molecular flexibility index (Phi) is 2.57. The second-order valence-corrected chi connectivity index (χ2v) is 2.58. The average molecular weight is 132 g/mol. The lowest BCUT2D eigenvalue weighted by molar-refractivity contribution is 1.66. The second-order valence-electron chi connectivity index (χ2n) is 1.91. The number of rotatable bonds is 1. The standard InChI is InChI=1S/C8H7.Al.2H/c1-2-8-6-4-3-5-7-8;;;/h1-7H;;;. The van der Waals surface area contributed by atoms with Gasteiger partial charge in [0.25, 0.3) is 0 Å². The van der Waals surface area contributed by atoms with Gasteiger partial charge in [-0.25, -0.2) is 0 Å². The van der Waals surface area contributed by atoms with E-state index in [0.29, 0.717) is 0 Å². The first kappa shape index (κ1) is 6.61. The van der Waals surface area contributed by atoms with E-state index in [1.807, 2.05) is 6.07 Å². The Labute approximate surface area is 63.6 Å².